The molecule has 1 unspecified atom stereocenters. The van der Waals surface area contributed by atoms with Crippen LogP contribution in [-0.2, 0) is 6.61 Å². The predicted molar refractivity (Wildman–Crippen MR) is 73.7 cm³/mol. The van der Waals surface area contributed by atoms with Crippen LogP contribution in [0.2, 0.25) is 0 Å². The third-order valence-corrected chi connectivity index (χ3v) is 2.84. The Kier molecular flexibility index (Phi) is 4.39. The second kappa shape index (κ2) is 6.22. The quantitative estimate of drug-likeness (QED) is 0.716. The molecule has 19 heavy (non-hydrogen) atoms. The summed E-state index contributed by atoms with van der Waals surface area (Å²) in [7, 11) is 0. The van der Waals surface area contributed by atoms with Gasteiger partial charge in [-0.3, -0.25) is 0 Å². The van der Waals surface area contributed by atoms with Crippen molar-refractivity contribution in [1.29, 1.82) is 0 Å². The molecule has 0 saturated carbocycles. The highest BCUT2D eigenvalue weighted by Crippen LogP contribution is 2.18. The molecule has 2 rings (SSSR count). The molecule has 0 aliphatic carbocycles. The van der Waals surface area contributed by atoms with E-state index in [2.05, 4.69) is 0 Å². The minimum absolute atomic E-state index is 0.00828. The van der Waals surface area contributed by atoms with E-state index in [1.807, 2.05) is 0 Å². The normalized spacial score (nSPS) is 12.1. The number of hydrogen-bond acceptors (Lipinski definition) is 4. The molecule has 0 aliphatic heterocycles. The molecule has 100 valence electrons. The second-order valence-corrected chi connectivity index (χ2v) is 4.30. The Balaban J connectivity index is 1.92. The van der Waals surface area contributed by atoms with Crippen molar-refractivity contribution in [2.45, 2.75) is 12.7 Å². The van der Waals surface area contributed by atoms with Crippen molar-refractivity contribution in [1.82, 2.24) is 0 Å². The van der Waals surface area contributed by atoms with Crippen molar-refractivity contribution in [3.63, 3.8) is 0 Å². The average Bonchev–Trinajstić information content (AvgIpc) is 2.46. The first-order chi connectivity index (χ1) is 9.19. The van der Waals surface area contributed by atoms with Crippen molar-refractivity contribution in [3.05, 3.63) is 59.7 Å². The highest BCUT2D eigenvalue weighted by Gasteiger charge is 2.08. The molecule has 2 aromatic carbocycles. The molecule has 0 aliphatic rings. The minimum Gasteiger partial charge on any atom is -0.491 e. The fraction of sp³-hybridized carbons (Fsp3) is 0.200. The van der Waals surface area contributed by atoms with Crippen LogP contribution in [0.15, 0.2) is 48.5 Å². The van der Waals surface area contributed by atoms with Gasteiger partial charge in [0, 0.05) is 5.69 Å². The smallest absolute Gasteiger partial charge is 0.119 e. The predicted octanol–water partition coefficient (Wildman–Crippen LogP) is 1.87. The Morgan fingerprint density at radius 1 is 1.00 bits per heavy atom. The van der Waals surface area contributed by atoms with E-state index >= 15 is 0 Å². The average molecular weight is 259 g/mol. The van der Waals surface area contributed by atoms with Crippen LogP contribution in [0.1, 0.15) is 17.2 Å². The van der Waals surface area contributed by atoms with Crippen LogP contribution in [0.5, 0.6) is 5.75 Å². The largest absolute Gasteiger partial charge is 0.491 e. The van der Waals surface area contributed by atoms with Gasteiger partial charge in [-0.05, 0) is 35.4 Å². The third-order valence-electron chi connectivity index (χ3n) is 2.84. The fourth-order valence-corrected chi connectivity index (χ4v) is 1.68. The summed E-state index contributed by atoms with van der Waals surface area (Å²) in [5.41, 5.74) is 7.84. The number of aliphatic hydroxyl groups is 2. The molecule has 1 atom stereocenters. The molecule has 0 heterocycles. The maximum atomic E-state index is 9.97. The Hall–Kier alpha value is -2.04. The molecular formula is C15H17NO3. The maximum absolute atomic E-state index is 9.97. The van der Waals surface area contributed by atoms with Crippen LogP contribution in [-0.4, -0.2) is 16.8 Å². The van der Waals surface area contributed by atoms with Crippen LogP contribution in [0.3, 0.4) is 0 Å². The number of nitrogen functional groups attached to an aromatic ring is 1. The van der Waals surface area contributed by atoms with Crippen LogP contribution in [0.4, 0.5) is 5.69 Å². The molecule has 0 saturated heterocycles. The van der Waals surface area contributed by atoms with E-state index in [1.54, 1.807) is 48.5 Å². The standard InChI is InChI=1S/C15H17NO3/c16-13-5-3-12(4-6-13)15(18)10-19-14-7-1-11(9-17)2-8-14/h1-8,15,17-18H,9-10,16H2. The van der Waals surface area contributed by atoms with Crippen LogP contribution in [0.25, 0.3) is 0 Å². The zero-order valence-corrected chi connectivity index (χ0v) is 10.5. The SMILES string of the molecule is Nc1ccc(C(O)COc2ccc(CO)cc2)cc1. The zero-order chi connectivity index (χ0) is 13.7. The summed E-state index contributed by atoms with van der Waals surface area (Å²) in [5.74, 6) is 0.659. The van der Waals surface area contributed by atoms with Crippen LogP contribution < -0.4 is 10.5 Å². The summed E-state index contributed by atoms with van der Waals surface area (Å²) in [6.07, 6.45) is -0.696. The molecule has 0 spiro atoms. The van der Waals surface area contributed by atoms with Gasteiger partial charge in [0.25, 0.3) is 0 Å². The second-order valence-electron chi connectivity index (χ2n) is 4.30. The summed E-state index contributed by atoms with van der Waals surface area (Å²) in [5, 5.41) is 18.9. The first kappa shape index (κ1) is 13.4. The van der Waals surface area contributed by atoms with Gasteiger partial charge in [-0.1, -0.05) is 24.3 Å². The van der Waals surface area contributed by atoms with Crippen molar-refractivity contribution in [2.24, 2.45) is 0 Å². The molecule has 4 nitrogen and oxygen atoms in total. The minimum atomic E-state index is -0.696. The number of ether oxygens (including phenoxy) is 1. The lowest BCUT2D eigenvalue weighted by Gasteiger charge is -2.13. The van der Waals surface area contributed by atoms with Crippen molar-refractivity contribution in [2.75, 3.05) is 12.3 Å². The Labute approximate surface area is 112 Å². The summed E-state index contributed by atoms with van der Waals surface area (Å²) in [6, 6.07) is 14.1. The lowest BCUT2D eigenvalue weighted by Crippen LogP contribution is -2.09. The Morgan fingerprint density at radius 3 is 2.21 bits per heavy atom. The van der Waals surface area contributed by atoms with Crippen molar-refractivity contribution in [3.8, 4) is 5.75 Å². The highest BCUT2D eigenvalue weighted by atomic mass is 16.5. The van der Waals surface area contributed by atoms with Crippen molar-refractivity contribution >= 4 is 5.69 Å². The maximum Gasteiger partial charge on any atom is 0.119 e. The van der Waals surface area contributed by atoms with Crippen molar-refractivity contribution < 1.29 is 14.9 Å². The van der Waals surface area contributed by atoms with E-state index in [0.717, 1.165) is 11.1 Å². The molecule has 4 heteroatoms. The van der Waals surface area contributed by atoms with Gasteiger partial charge < -0.3 is 20.7 Å². The molecule has 0 amide bonds. The van der Waals surface area contributed by atoms with Gasteiger partial charge in [0.15, 0.2) is 0 Å². The van der Waals surface area contributed by atoms with E-state index in [1.165, 1.54) is 0 Å². The fourth-order valence-electron chi connectivity index (χ4n) is 1.68. The number of hydrogen-bond donors (Lipinski definition) is 3. The number of anilines is 1. The van der Waals surface area contributed by atoms with Crippen LogP contribution in [0, 0.1) is 0 Å². The molecular weight excluding hydrogens is 242 g/mol. The van der Waals surface area contributed by atoms with Gasteiger partial charge >= 0.3 is 0 Å². The van der Waals surface area contributed by atoms with E-state index in [9.17, 15) is 5.11 Å². The highest BCUT2D eigenvalue weighted by molar-refractivity contribution is 5.39. The van der Waals surface area contributed by atoms with E-state index in [0.29, 0.717) is 11.4 Å². The van der Waals surface area contributed by atoms with E-state index in [-0.39, 0.29) is 13.2 Å². The molecule has 2 aromatic rings. The van der Waals surface area contributed by atoms with Gasteiger partial charge in [0.1, 0.15) is 18.5 Å². The van der Waals surface area contributed by atoms with E-state index < -0.39 is 6.10 Å². The van der Waals surface area contributed by atoms with Gasteiger partial charge in [0.2, 0.25) is 0 Å². The topological polar surface area (TPSA) is 75.7 Å². The number of benzene rings is 2. The lowest BCUT2D eigenvalue weighted by molar-refractivity contribution is 0.108. The third kappa shape index (κ3) is 3.71. The Morgan fingerprint density at radius 2 is 1.63 bits per heavy atom. The first-order valence-electron chi connectivity index (χ1n) is 6.05. The van der Waals surface area contributed by atoms with E-state index in [4.69, 9.17) is 15.6 Å². The first-order valence-corrected chi connectivity index (χ1v) is 6.05. The summed E-state index contributed by atoms with van der Waals surface area (Å²) < 4.78 is 5.49. The number of rotatable bonds is 5. The molecule has 4 N–H and O–H groups in total. The molecule has 0 bridgehead atoms. The van der Waals surface area contributed by atoms with Gasteiger partial charge in [-0.25, -0.2) is 0 Å². The summed E-state index contributed by atoms with van der Waals surface area (Å²) >= 11 is 0. The van der Waals surface area contributed by atoms with Gasteiger partial charge in [0.05, 0.1) is 6.61 Å². The number of nitrogens with two attached hydrogens (primary N) is 1. The molecule has 0 fully saturated rings. The summed E-state index contributed by atoms with van der Waals surface area (Å²) in [6.45, 7) is 0.177. The zero-order valence-electron chi connectivity index (χ0n) is 10.5. The molecule has 0 aromatic heterocycles. The Bertz CT molecular complexity index is 508. The summed E-state index contributed by atoms with van der Waals surface area (Å²) in [4.78, 5) is 0. The molecule has 0 radical (unpaired) electrons. The van der Waals surface area contributed by atoms with Gasteiger partial charge in [-0.15, -0.1) is 0 Å². The number of aliphatic hydroxyl groups excluding tert-OH is 2. The lowest BCUT2D eigenvalue weighted by atomic mass is 10.1. The monoisotopic (exact) mass is 259 g/mol. The van der Waals surface area contributed by atoms with Crippen LogP contribution >= 0.6 is 0 Å². The van der Waals surface area contributed by atoms with Gasteiger partial charge in [-0.2, -0.15) is 0 Å².